The Bertz CT molecular complexity index is 1440. The number of rotatable bonds is 7. The van der Waals surface area contributed by atoms with Crippen molar-refractivity contribution in [3.63, 3.8) is 0 Å². The van der Waals surface area contributed by atoms with Crippen molar-refractivity contribution >= 4 is 45.7 Å². The van der Waals surface area contributed by atoms with E-state index in [2.05, 4.69) is 15.2 Å². The maximum atomic E-state index is 13.2. The summed E-state index contributed by atoms with van der Waals surface area (Å²) in [6, 6.07) is 23.8. The van der Waals surface area contributed by atoms with E-state index in [1.807, 2.05) is 53.4 Å². The summed E-state index contributed by atoms with van der Waals surface area (Å²) in [5.41, 5.74) is 2.83. The molecule has 1 fully saturated rings. The normalized spacial score (nSPS) is 13.3. The van der Waals surface area contributed by atoms with E-state index in [-0.39, 0.29) is 18.4 Å². The minimum atomic E-state index is -0.251. The van der Waals surface area contributed by atoms with Crippen molar-refractivity contribution in [1.29, 1.82) is 0 Å². The maximum Gasteiger partial charge on any atom is 0.272 e. The molecule has 194 valence electrons. The zero-order valence-corrected chi connectivity index (χ0v) is 21.6. The molecule has 8 nitrogen and oxygen atoms in total. The molecule has 2 amide bonds. The minimum absolute atomic E-state index is 0.0999. The minimum Gasteiger partial charge on any atom is -0.496 e. The number of carbonyl (C=O) groups is 2. The van der Waals surface area contributed by atoms with E-state index in [0.717, 1.165) is 16.6 Å². The lowest BCUT2D eigenvalue weighted by Crippen LogP contribution is -2.49. The molecule has 4 aromatic rings. The van der Waals surface area contributed by atoms with Crippen LogP contribution in [0.5, 0.6) is 11.5 Å². The molecule has 0 bridgehead atoms. The largest absolute Gasteiger partial charge is 0.496 e. The number of benzene rings is 3. The predicted octanol–water partition coefficient (Wildman–Crippen LogP) is 4.88. The molecule has 38 heavy (non-hydrogen) atoms. The number of para-hydroxylation sites is 1. The fourth-order valence-electron chi connectivity index (χ4n) is 4.38. The standard InChI is InChI=1S/C29H27ClN4O4/c1-37-27-18-26(32-25-5-3-2-4-24(25)27)29(36)34-16-14-33(15-17-34)22-10-8-21(9-11-22)31-28(35)19-38-23-12-6-20(30)7-13-23/h2-13,18H,14-17,19H2,1H3,(H,31,35). The third-order valence-electron chi connectivity index (χ3n) is 6.38. The number of amides is 2. The van der Waals surface area contributed by atoms with Crippen LogP contribution in [0.2, 0.25) is 5.02 Å². The van der Waals surface area contributed by atoms with Gasteiger partial charge in [-0.3, -0.25) is 9.59 Å². The zero-order valence-electron chi connectivity index (χ0n) is 20.9. The second kappa shape index (κ2) is 11.4. The Morgan fingerprint density at radius 3 is 2.37 bits per heavy atom. The quantitative estimate of drug-likeness (QED) is 0.367. The van der Waals surface area contributed by atoms with E-state index in [1.165, 1.54) is 0 Å². The highest BCUT2D eigenvalue weighted by atomic mass is 35.5. The first-order valence-corrected chi connectivity index (χ1v) is 12.6. The number of hydrogen-bond acceptors (Lipinski definition) is 6. The summed E-state index contributed by atoms with van der Waals surface area (Å²) in [4.78, 5) is 34.0. The van der Waals surface area contributed by atoms with Gasteiger partial charge in [0.05, 0.1) is 12.6 Å². The fraction of sp³-hybridized carbons (Fsp3) is 0.207. The number of hydrogen-bond donors (Lipinski definition) is 1. The van der Waals surface area contributed by atoms with E-state index in [4.69, 9.17) is 21.1 Å². The number of carbonyl (C=O) groups excluding carboxylic acids is 2. The van der Waals surface area contributed by atoms with Gasteiger partial charge in [0, 0.05) is 54.0 Å². The molecule has 1 N–H and O–H groups in total. The SMILES string of the molecule is COc1cc(C(=O)N2CCN(c3ccc(NC(=O)COc4ccc(Cl)cc4)cc3)CC2)nc2ccccc12. The third kappa shape index (κ3) is 5.81. The van der Waals surface area contributed by atoms with Crippen LogP contribution in [0, 0.1) is 0 Å². The number of anilines is 2. The lowest BCUT2D eigenvalue weighted by atomic mass is 10.1. The van der Waals surface area contributed by atoms with E-state index in [9.17, 15) is 9.59 Å². The van der Waals surface area contributed by atoms with Crippen molar-refractivity contribution in [2.45, 2.75) is 0 Å². The second-order valence-electron chi connectivity index (χ2n) is 8.84. The number of ether oxygens (including phenoxy) is 2. The first-order chi connectivity index (χ1) is 18.5. The topological polar surface area (TPSA) is 84.0 Å². The Morgan fingerprint density at radius 2 is 1.66 bits per heavy atom. The maximum absolute atomic E-state index is 13.2. The number of nitrogens with one attached hydrogen (secondary N) is 1. The number of halogens is 1. The average Bonchev–Trinajstić information content (AvgIpc) is 2.96. The second-order valence-corrected chi connectivity index (χ2v) is 9.28. The summed E-state index contributed by atoms with van der Waals surface area (Å²) in [5.74, 6) is 0.862. The molecule has 3 aromatic carbocycles. The van der Waals surface area contributed by atoms with E-state index in [1.54, 1.807) is 37.4 Å². The number of methoxy groups -OCH3 is 1. The summed E-state index contributed by atoms with van der Waals surface area (Å²) in [6.45, 7) is 2.44. The van der Waals surface area contributed by atoms with Gasteiger partial charge in [0.25, 0.3) is 11.8 Å². The Morgan fingerprint density at radius 1 is 0.947 bits per heavy atom. The molecule has 1 aromatic heterocycles. The van der Waals surface area contributed by atoms with Crippen LogP contribution in [0.3, 0.4) is 0 Å². The van der Waals surface area contributed by atoms with Gasteiger partial charge in [0.15, 0.2) is 6.61 Å². The molecule has 0 saturated carbocycles. The summed E-state index contributed by atoms with van der Waals surface area (Å²) >= 11 is 5.86. The molecule has 0 aliphatic carbocycles. The summed E-state index contributed by atoms with van der Waals surface area (Å²) < 4.78 is 11.0. The van der Waals surface area contributed by atoms with Crippen molar-refractivity contribution in [2.24, 2.45) is 0 Å². The van der Waals surface area contributed by atoms with Crippen LogP contribution < -0.4 is 19.7 Å². The molecular weight excluding hydrogens is 504 g/mol. The van der Waals surface area contributed by atoms with Crippen LogP contribution in [0.15, 0.2) is 78.9 Å². The number of fused-ring (bicyclic) bond motifs is 1. The summed E-state index contributed by atoms with van der Waals surface area (Å²) in [6.07, 6.45) is 0. The van der Waals surface area contributed by atoms with Crippen LogP contribution >= 0.6 is 11.6 Å². The van der Waals surface area contributed by atoms with Gasteiger partial charge in [-0.05, 0) is 60.7 Å². The van der Waals surface area contributed by atoms with Crippen molar-refractivity contribution < 1.29 is 19.1 Å². The van der Waals surface area contributed by atoms with Crippen molar-refractivity contribution in [1.82, 2.24) is 9.88 Å². The molecule has 1 saturated heterocycles. The summed E-state index contributed by atoms with van der Waals surface area (Å²) in [5, 5.41) is 4.33. The van der Waals surface area contributed by atoms with Gasteiger partial charge in [-0.2, -0.15) is 0 Å². The molecule has 1 aliphatic rings. The molecule has 0 unspecified atom stereocenters. The van der Waals surface area contributed by atoms with Crippen LogP contribution in [-0.2, 0) is 4.79 Å². The first-order valence-electron chi connectivity index (χ1n) is 12.3. The molecule has 0 spiro atoms. The lowest BCUT2D eigenvalue weighted by molar-refractivity contribution is -0.118. The Labute approximate surface area is 225 Å². The molecule has 0 atom stereocenters. The van der Waals surface area contributed by atoms with Gasteiger partial charge >= 0.3 is 0 Å². The number of aromatic nitrogens is 1. The van der Waals surface area contributed by atoms with E-state index in [0.29, 0.717) is 54.1 Å². The Hall–Kier alpha value is -4.30. The highest BCUT2D eigenvalue weighted by Gasteiger charge is 2.24. The Kier molecular flexibility index (Phi) is 7.60. The van der Waals surface area contributed by atoms with Gasteiger partial charge in [-0.1, -0.05) is 23.7 Å². The van der Waals surface area contributed by atoms with Gasteiger partial charge < -0.3 is 24.6 Å². The van der Waals surface area contributed by atoms with Crippen LogP contribution in [0.25, 0.3) is 10.9 Å². The zero-order chi connectivity index (χ0) is 26.5. The van der Waals surface area contributed by atoms with Gasteiger partial charge in [-0.15, -0.1) is 0 Å². The highest BCUT2D eigenvalue weighted by molar-refractivity contribution is 6.30. The van der Waals surface area contributed by atoms with Crippen molar-refractivity contribution in [3.8, 4) is 11.5 Å². The highest BCUT2D eigenvalue weighted by Crippen LogP contribution is 2.26. The molecule has 1 aliphatic heterocycles. The Balaban J connectivity index is 1.14. The van der Waals surface area contributed by atoms with Gasteiger partial charge in [-0.25, -0.2) is 4.98 Å². The number of piperazine rings is 1. The molecule has 0 radical (unpaired) electrons. The monoisotopic (exact) mass is 530 g/mol. The van der Waals surface area contributed by atoms with Crippen molar-refractivity contribution in [3.05, 3.63) is 89.6 Å². The third-order valence-corrected chi connectivity index (χ3v) is 6.64. The molecular formula is C29H27ClN4O4. The molecule has 2 heterocycles. The lowest BCUT2D eigenvalue weighted by Gasteiger charge is -2.36. The molecule has 5 rings (SSSR count). The van der Waals surface area contributed by atoms with Crippen molar-refractivity contribution in [2.75, 3.05) is 50.1 Å². The molecule has 9 heteroatoms. The fourth-order valence-corrected chi connectivity index (χ4v) is 4.51. The van der Waals surface area contributed by atoms with Gasteiger partial charge in [0.2, 0.25) is 0 Å². The number of pyridine rings is 1. The summed E-state index contributed by atoms with van der Waals surface area (Å²) in [7, 11) is 1.60. The van der Waals surface area contributed by atoms with Gasteiger partial charge in [0.1, 0.15) is 17.2 Å². The van der Waals surface area contributed by atoms with Crippen LogP contribution in [0.4, 0.5) is 11.4 Å². The first kappa shape index (κ1) is 25.4. The van der Waals surface area contributed by atoms with Crippen LogP contribution in [-0.4, -0.2) is 61.6 Å². The average molecular weight is 531 g/mol. The van der Waals surface area contributed by atoms with E-state index < -0.39 is 0 Å². The van der Waals surface area contributed by atoms with E-state index >= 15 is 0 Å². The number of nitrogens with zero attached hydrogens (tertiary/aromatic N) is 3. The smallest absolute Gasteiger partial charge is 0.272 e. The predicted molar refractivity (Wildman–Crippen MR) is 148 cm³/mol. The van der Waals surface area contributed by atoms with Crippen LogP contribution in [0.1, 0.15) is 10.5 Å².